The second kappa shape index (κ2) is 9.83. The van der Waals surface area contributed by atoms with Crippen molar-refractivity contribution in [2.45, 2.75) is 26.0 Å². The molecule has 0 spiro atoms. The second-order valence-corrected chi connectivity index (χ2v) is 6.76. The Morgan fingerprint density at radius 3 is 2.37 bits per heavy atom. The number of nitrogens with two attached hydrogens (primary N) is 1. The zero-order valence-corrected chi connectivity index (χ0v) is 16.8. The van der Waals surface area contributed by atoms with E-state index in [-0.39, 0.29) is 12.1 Å². The van der Waals surface area contributed by atoms with E-state index in [1.165, 1.54) is 0 Å². The molecule has 0 fully saturated rings. The van der Waals surface area contributed by atoms with Crippen LogP contribution in [0.2, 0.25) is 0 Å². The predicted octanol–water partition coefficient (Wildman–Crippen LogP) is 3.51. The first-order chi connectivity index (χ1) is 12.9. The van der Waals surface area contributed by atoms with E-state index < -0.39 is 0 Å². The average Bonchev–Trinajstić information content (AvgIpc) is 2.63. The lowest BCUT2D eigenvalue weighted by atomic mass is 10.0. The molecule has 0 radical (unpaired) electrons. The van der Waals surface area contributed by atoms with Gasteiger partial charge in [0.15, 0.2) is 5.96 Å². The highest BCUT2D eigenvalue weighted by Gasteiger charge is 2.17. The lowest BCUT2D eigenvalue weighted by molar-refractivity contribution is 0.242. The molecule has 0 aromatic heterocycles. The van der Waals surface area contributed by atoms with Gasteiger partial charge in [-0.25, -0.2) is 0 Å². The van der Waals surface area contributed by atoms with Gasteiger partial charge in [0.1, 0.15) is 11.5 Å². The van der Waals surface area contributed by atoms with Crippen LogP contribution >= 0.6 is 0 Å². The highest BCUT2D eigenvalue weighted by atomic mass is 16.5. The number of para-hydroxylation sites is 1. The molecule has 0 saturated heterocycles. The van der Waals surface area contributed by atoms with Crippen molar-refractivity contribution in [3.63, 3.8) is 0 Å². The van der Waals surface area contributed by atoms with Gasteiger partial charge in [0.25, 0.3) is 0 Å². The third-order valence-corrected chi connectivity index (χ3v) is 4.05. The van der Waals surface area contributed by atoms with Crippen LogP contribution in [0, 0.1) is 0 Å². The van der Waals surface area contributed by atoms with Crippen molar-refractivity contribution in [3.05, 3.63) is 54.1 Å². The van der Waals surface area contributed by atoms with E-state index in [4.69, 9.17) is 15.2 Å². The van der Waals surface area contributed by atoms with Crippen LogP contribution in [0.4, 0.5) is 5.69 Å². The number of anilines is 1. The number of benzene rings is 2. The monoisotopic (exact) mass is 370 g/mol. The van der Waals surface area contributed by atoms with E-state index in [0.29, 0.717) is 12.5 Å². The van der Waals surface area contributed by atoms with Crippen molar-refractivity contribution in [2.24, 2.45) is 10.7 Å². The summed E-state index contributed by atoms with van der Waals surface area (Å²) in [5.74, 6) is 2.04. The Bertz CT molecular complexity index is 742. The predicted molar refractivity (Wildman–Crippen MR) is 112 cm³/mol. The van der Waals surface area contributed by atoms with Crippen molar-refractivity contribution in [2.75, 3.05) is 33.1 Å². The SMILES string of the molecule is COc1ccccc1C(CN=C(N)Nc1ccc(OC(C)C)cc1)N(C)C. The zero-order chi connectivity index (χ0) is 19.8. The maximum atomic E-state index is 6.08. The van der Waals surface area contributed by atoms with Crippen LogP contribution in [0.5, 0.6) is 11.5 Å². The Hall–Kier alpha value is -2.73. The minimum atomic E-state index is 0.0586. The van der Waals surface area contributed by atoms with Gasteiger partial charge in [0, 0.05) is 11.3 Å². The van der Waals surface area contributed by atoms with Gasteiger partial charge >= 0.3 is 0 Å². The molecule has 1 unspecified atom stereocenters. The molecule has 146 valence electrons. The lowest BCUT2D eigenvalue weighted by Crippen LogP contribution is -2.27. The van der Waals surface area contributed by atoms with Crippen LogP contribution in [-0.4, -0.2) is 44.7 Å². The van der Waals surface area contributed by atoms with E-state index >= 15 is 0 Å². The van der Waals surface area contributed by atoms with Crippen molar-refractivity contribution >= 4 is 11.6 Å². The summed E-state index contributed by atoms with van der Waals surface area (Å²) in [6, 6.07) is 15.7. The van der Waals surface area contributed by atoms with Gasteiger partial charge in [-0.3, -0.25) is 4.99 Å². The number of nitrogens with zero attached hydrogens (tertiary/aromatic N) is 2. The molecule has 0 aliphatic heterocycles. The third kappa shape index (κ3) is 6.18. The Morgan fingerprint density at radius 2 is 1.78 bits per heavy atom. The fourth-order valence-electron chi connectivity index (χ4n) is 2.74. The molecule has 6 nitrogen and oxygen atoms in total. The smallest absolute Gasteiger partial charge is 0.193 e. The van der Waals surface area contributed by atoms with Gasteiger partial charge in [0.2, 0.25) is 0 Å². The number of rotatable bonds is 8. The number of nitrogens with one attached hydrogen (secondary N) is 1. The molecule has 3 N–H and O–H groups in total. The largest absolute Gasteiger partial charge is 0.496 e. The summed E-state index contributed by atoms with van der Waals surface area (Å²) in [7, 11) is 5.71. The van der Waals surface area contributed by atoms with E-state index in [2.05, 4.69) is 21.3 Å². The molecule has 2 aromatic rings. The van der Waals surface area contributed by atoms with Crippen LogP contribution in [-0.2, 0) is 0 Å². The van der Waals surface area contributed by atoms with Gasteiger partial charge in [-0.05, 0) is 58.3 Å². The maximum Gasteiger partial charge on any atom is 0.193 e. The van der Waals surface area contributed by atoms with Crippen LogP contribution in [0.15, 0.2) is 53.5 Å². The molecular weight excluding hydrogens is 340 g/mol. The number of methoxy groups -OCH3 is 1. The molecule has 0 heterocycles. The minimum Gasteiger partial charge on any atom is -0.496 e. The summed E-state index contributed by atoms with van der Waals surface area (Å²) < 4.78 is 11.1. The summed E-state index contributed by atoms with van der Waals surface area (Å²) in [4.78, 5) is 6.62. The average molecular weight is 370 g/mol. The highest BCUT2D eigenvalue weighted by Crippen LogP contribution is 2.28. The number of hydrogen-bond donors (Lipinski definition) is 2. The molecule has 1 atom stereocenters. The molecule has 0 aliphatic rings. The lowest BCUT2D eigenvalue weighted by Gasteiger charge is -2.25. The third-order valence-electron chi connectivity index (χ3n) is 4.05. The van der Waals surface area contributed by atoms with Crippen molar-refractivity contribution in [1.29, 1.82) is 0 Å². The molecule has 6 heteroatoms. The van der Waals surface area contributed by atoms with Gasteiger partial charge in [0.05, 0.1) is 25.8 Å². The Kier molecular flexibility index (Phi) is 7.49. The first-order valence-corrected chi connectivity index (χ1v) is 9.03. The Balaban J connectivity index is 2.05. The molecule has 2 aromatic carbocycles. The quantitative estimate of drug-likeness (QED) is 0.549. The molecule has 27 heavy (non-hydrogen) atoms. The van der Waals surface area contributed by atoms with E-state index in [1.54, 1.807) is 7.11 Å². The fraction of sp³-hybridized carbons (Fsp3) is 0.381. The minimum absolute atomic E-state index is 0.0586. The van der Waals surface area contributed by atoms with E-state index in [1.807, 2.05) is 70.4 Å². The highest BCUT2D eigenvalue weighted by molar-refractivity contribution is 5.92. The van der Waals surface area contributed by atoms with Gasteiger partial charge in [-0.2, -0.15) is 0 Å². The normalized spacial score (nSPS) is 12.9. The molecule has 0 bridgehead atoms. The van der Waals surface area contributed by atoms with Crippen LogP contribution < -0.4 is 20.5 Å². The first kappa shape index (κ1) is 20.6. The van der Waals surface area contributed by atoms with E-state index in [0.717, 1.165) is 22.7 Å². The molecule has 2 rings (SSSR count). The van der Waals surface area contributed by atoms with Gasteiger partial charge in [-0.15, -0.1) is 0 Å². The topological polar surface area (TPSA) is 72.1 Å². The Labute approximate surface area is 162 Å². The van der Waals surface area contributed by atoms with Gasteiger partial charge in [-0.1, -0.05) is 18.2 Å². The van der Waals surface area contributed by atoms with Crippen LogP contribution in [0.25, 0.3) is 0 Å². The summed E-state index contributed by atoms with van der Waals surface area (Å²) in [5.41, 5.74) is 8.03. The van der Waals surface area contributed by atoms with Crippen molar-refractivity contribution < 1.29 is 9.47 Å². The summed E-state index contributed by atoms with van der Waals surface area (Å²) in [6.07, 6.45) is 0.147. The number of guanidine groups is 1. The number of ether oxygens (including phenoxy) is 2. The number of aliphatic imine (C=N–C) groups is 1. The van der Waals surface area contributed by atoms with Crippen LogP contribution in [0.3, 0.4) is 0 Å². The maximum absolute atomic E-state index is 6.08. The zero-order valence-electron chi connectivity index (χ0n) is 16.8. The number of likely N-dealkylation sites (N-methyl/N-ethyl adjacent to an activating group) is 1. The summed E-state index contributed by atoms with van der Waals surface area (Å²) in [6.45, 7) is 4.51. The molecule has 0 amide bonds. The first-order valence-electron chi connectivity index (χ1n) is 9.03. The number of hydrogen-bond acceptors (Lipinski definition) is 4. The van der Waals surface area contributed by atoms with Gasteiger partial charge < -0.3 is 25.4 Å². The molecule has 0 aliphatic carbocycles. The summed E-state index contributed by atoms with van der Waals surface area (Å²) in [5, 5.41) is 3.12. The fourth-order valence-corrected chi connectivity index (χ4v) is 2.74. The van der Waals surface area contributed by atoms with Crippen LogP contribution in [0.1, 0.15) is 25.5 Å². The second-order valence-electron chi connectivity index (χ2n) is 6.76. The van der Waals surface area contributed by atoms with Crippen molar-refractivity contribution in [1.82, 2.24) is 4.90 Å². The van der Waals surface area contributed by atoms with Crippen molar-refractivity contribution in [3.8, 4) is 11.5 Å². The summed E-state index contributed by atoms with van der Waals surface area (Å²) >= 11 is 0. The molecular formula is C21H30N4O2. The Morgan fingerprint density at radius 1 is 1.11 bits per heavy atom. The molecule has 0 saturated carbocycles. The van der Waals surface area contributed by atoms with E-state index in [9.17, 15) is 0 Å². The standard InChI is InChI=1S/C21H30N4O2/c1-15(2)27-17-12-10-16(11-13-17)24-21(22)23-14-19(25(3)4)18-8-6-7-9-20(18)26-5/h6-13,15,19H,14H2,1-5H3,(H3,22,23,24).